The van der Waals surface area contributed by atoms with Gasteiger partial charge in [-0.05, 0) is 47.5 Å². The number of fused-ring (bicyclic) bond motifs is 4. The molecule has 0 unspecified atom stereocenters. The quantitative estimate of drug-likeness (QED) is 0.349. The second-order valence-corrected chi connectivity index (χ2v) is 6.95. The molecule has 3 aromatic carbocycles. The number of pyridine rings is 1. The summed E-state index contributed by atoms with van der Waals surface area (Å²) in [7, 11) is 0. The highest BCUT2D eigenvalue weighted by Gasteiger charge is 2.15. The van der Waals surface area contributed by atoms with Gasteiger partial charge in [-0.3, -0.25) is 4.57 Å². The molecule has 0 aliphatic rings. The molecule has 0 radical (unpaired) electrons. The fraction of sp³-hybridized carbons (Fsp3) is 0. The summed E-state index contributed by atoms with van der Waals surface area (Å²) in [5, 5.41) is 3.46. The van der Waals surface area contributed by atoms with Gasteiger partial charge in [-0.15, -0.1) is 0 Å². The number of rotatable bonds is 2. The second kappa shape index (κ2) is 5.83. The molecule has 0 bridgehead atoms. The van der Waals surface area contributed by atoms with Crippen LogP contribution in [0.25, 0.3) is 49.7 Å². The van der Waals surface area contributed by atoms with Crippen LogP contribution in [0, 0.1) is 0 Å². The van der Waals surface area contributed by atoms with Crippen molar-refractivity contribution in [3.8, 4) is 16.9 Å². The summed E-state index contributed by atoms with van der Waals surface area (Å²) in [5.74, 6) is 0.912. The van der Waals surface area contributed by atoms with Crippen LogP contribution in [-0.2, 0) is 0 Å². The van der Waals surface area contributed by atoms with Crippen LogP contribution >= 0.6 is 0 Å². The van der Waals surface area contributed by atoms with Crippen molar-refractivity contribution < 1.29 is 4.42 Å². The molecule has 3 heterocycles. The zero-order valence-corrected chi connectivity index (χ0v) is 15.0. The van der Waals surface area contributed by atoms with E-state index in [1.165, 1.54) is 16.3 Å². The normalized spacial score (nSPS) is 11.6. The molecule has 0 saturated carbocycles. The monoisotopic (exact) mass is 360 g/mol. The predicted octanol–water partition coefficient (Wildman–Crippen LogP) is 6.59. The number of nitrogens with zero attached hydrogens (tertiary/aromatic N) is 2. The van der Waals surface area contributed by atoms with Crippen molar-refractivity contribution in [1.82, 2.24) is 9.55 Å². The SMILES string of the molecule is c1ccc(-c2ccnc(-n3c4ccccc4c4cc5occc5cc43)c2)cc1. The van der Waals surface area contributed by atoms with E-state index >= 15 is 0 Å². The van der Waals surface area contributed by atoms with E-state index in [2.05, 4.69) is 77.4 Å². The maximum absolute atomic E-state index is 5.64. The maximum atomic E-state index is 5.64. The Kier molecular flexibility index (Phi) is 3.17. The molecule has 6 aromatic rings. The van der Waals surface area contributed by atoms with E-state index in [0.29, 0.717) is 0 Å². The summed E-state index contributed by atoms with van der Waals surface area (Å²) in [6, 6.07) is 29.4. The fourth-order valence-corrected chi connectivity index (χ4v) is 4.02. The molecule has 3 aromatic heterocycles. The van der Waals surface area contributed by atoms with E-state index in [0.717, 1.165) is 33.4 Å². The maximum Gasteiger partial charge on any atom is 0.138 e. The largest absolute Gasteiger partial charge is 0.464 e. The lowest BCUT2D eigenvalue weighted by atomic mass is 10.1. The third-order valence-electron chi connectivity index (χ3n) is 5.33. The van der Waals surface area contributed by atoms with Gasteiger partial charge in [0.2, 0.25) is 0 Å². The number of hydrogen-bond donors (Lipinski definition) is 0. The van der Waals surface area contributed by atoms with Gasteiger partial charge in [0.05, 0.1) is 17.3 Å². The molecule has 0 aliphatic heterocycles. The zero-order valence-electron chi connectivity index (χ0n) is 15.0. The third-order valence-corrected chi connectivity index (χ3v) is 5.33. The second-order valence-electron chi connectivity index (χ2n) is 6.95. The van der Waals surface area contributed by atoms with Gasteiger partial charge in [0.15, 0.2) is 0 Å². The van der Waals surface area contributed by atoms with Crippen LogP contribution < -0.4 is 0 Å². The summed E-state index contributed by atoms with van der Waals surface area (Å²) < 4.78 is 7.88. The molecule has 3 heteroatoms. The van der Waals surface area contributed by atoms with E-state index in [1.807, 2.05) is 18.3 Å². The van der Waals surface area contributed by atoms with E-state index in [9.17, 15) is 0 Å². The van der Waals surface area contributed by atoms with Gasteiger partial charge in [0, 0.05) is 22.4 Å². The highest BCUT2D eigenvalue weighted by molar-refractivity contribution is 6.12. The molecule has 28 heavy (non-hydrogen) atoms. The average Bonchev–Trinajstić information content (AvgIpc) is 3.34. The summed E-state index contributed by atoms with van der Waals surface area (Å²) in [5.41, 5.74) is 5.52. The van der Waals surface area contributed by atoms with Crippen molar-refractivity contribution in [2.45, 2.75) is 0 Å². The molecule has 0 fully saturated rings. The molecule has 3 nitrogen and oxygen atoms in total. The predicted molar refractivity (Wildman–Crippen MR) is 114 cm³/mol. The van der Waals surface area contributed by atoms with E-state index in [1.54, 1.807) is 6.26 Å². The van der Waals surface area contributed by atoms with E-state index in [4.69, 9.17) is 9.40 Å². The number of benzene rings is 3. The summed E-state index contributed by atoms with van der Waals surface area (Å²) in [4.78, 5) is 4.71. The summed E-state index contributed by atoms with van der Waals surface area (Å²) in [6.45, 7) is 0. The fourth-order valence-electron chi connectivity index (χ4n) is 4.02. The van der Waals surface area contributed by atoms with Gasteiger partial charge in [0.25, 0.3) is 0 Å². The number of furan rings is 1. The van der Waals surface area contributed by atoms with Crippen molar-refractivity contribution in [2.24, 2.45) is 0 Å². The van der Waals surface area contributed by atoms with Gasteiger partial charge in [-0.25, -0.2) is 4.98 Å². The number of aromatic nitrogens is 2. The van der Waals surface area contributed by atoms with Crippen molar-refractivity contribution >= 4 is 32.8 Å². The van der Waals surface area contributed by atoms with Crippen molar-refractivity contribution in [3.05, 3.63) is 97.4 Å². The van der Waals surface area contributed by atoms with Crippen molar-refractivity contribution in [1.29, 1.82) is 0 Å². The smallest absolute Gasteiger partial charge is 0.138 e. The first-order valence-corrected chi connectivity index (χ1v) is 9.31. The molecular weight excluding hydrogens is 344 g/mol. The first-order chi connectivity index (χ1) is 13.9. The summed E-state index contributed by atoms with van der Waals surface area (Å²) in [6.07, 6.45) is 3.62. The average molecular weight is 360 g/mol. The molecule has 0 amide bonds. The zero-order chi connectivity index (χ0) is 18.5. The molecule has 0 spiro atoms. The lowest BCUT2D eigenvalue weighted by molar-refractivity contribution is 0.616. The van der Waals surface area contributed by atoms with Gasteiger partial charge in [0.1, 0.15) is 11.4 Å². The van der Waals surface area contributed by atoms with Gasteiger partial charge in [-0.2, -0.15) is 0 Å². The van der Waals surface area contributed by atoms with Crippen LogP contribution in [0.1, 0.15) is 0 Å². The Morgan fingerprint density at radius 2 is 1.54 bits per heavy atom. The first kappa shape index (κ1) is 15.2. The minimum absolute atomic E-state index is 0.904. The molecule has 0 saturated heterocycles. The first-order valence-electron chi connectivity index (χ1n) is 9.31. The van der Waals surface area contributed by atoms with Crippen LogP contribution in [0.3, 0.4) is 0 Å². The minimum Gasteiger partial charge on any atom is -0.464 e. The Bertz CT molecular complexity index is 1460. The molecule has 132 valence electrons. The van der Waals surface area contributed by atoms with Crippen molar-refractivity contribution in [2.75, 3.05) is 0 Å². The Hall–Kier alpha value is -3.85. The van der Waals surface area contributed by atoms with E-state index < -0.39 is 0 Å². The molecule has 6 rings (SSSR count). The highest BCUT2D eigenvalue weighted by Crippen LogP contribution is 2.35. The highest BCUT2D eigenvalue weighted by atomic mass is 16.3. The lowest BCUT2D eigenvalue weighted by Gasteiger charge is -2.09. The Morgan fingerprint density at radius 3 is 2.46 bits per heavy atom. The van der Waals surface area contributed by atoms with Gasteiger partial charge in [-0.1, -0.05) is 48.5 Å². The van der Waals surface area contributed by atoms with Gasteiger partial charge >= 0.3 is 0 Å². The van der Waals surface area contributed by atoms with E-state index in [-0.39, 0.29) is 0 Å². The number of hydrogen-bond acceptors (Lipinski definition) is 2. The Balaban J connectivity index is 1.69. The molecule has 0 N–H and O–H groups in total. The lowest BCUT2D eigenvalue weighted by Crippen LogP contribution is -1.97. The minimum atomic E-state index is 0.904. The Labute approximate surface area is 161 Å². The van der Waals surface area contributed by atoms with Crippen LogP contribution in [0.2, 0.25) is 0 Å². The van der Waals surface area contributed by atoms with Crippen molar-refractivity contribution in [3.63, 3.8) is 0 Å². The van der Waals surface area contributed by atoms with Crippen LogP contribution in [0.4, 0.5) is 0 Å². The molecule has 0 atom stereocenters. The standard InChI is InChI=1S/C25H16N2O/c1-2-6-17(7-3-1)18-10-12-26-25(15-18)27-22-9-5-4-8-20(22)21-16-24-19(11-13-28-24)14-23(21)27/h1-16H. The molecule has 0 aliphatic carbocycles. The topological polar surface area (TPSA) is 31.0 Å². The van der Waals surface area contributed by atoms with Gasteiger partial charge < -0.3 is 4.42 Å². The number of para-hydroxylation sites is 1. The molecular formula is C25H16N2O. The summed E-state index contributed by atoms with van der Waals surface area (Å²) >= 11 is 0. The van der Waals surface area contributed by atoms with Crippen LogP contribution in [-0.4, -0.2) is 9.55 Å². The van der Waals surface area contributed by atoms with Crippen LogP contribution in [0.15, 0.2) is 102 Å². The third kappa shape index (κ3) is 2.20. The van der Waals surface area contributed by atoms with Crippen LogP contribution in [0.5, 0.6) is 0 Å². The Morgan fingerprint density at radius 1 is 0.679 bits per heavy atom.